The summed E-state index contributed by atoms with van der Waals surface area (Å²) in [5, 5.41) is 59.2. The Hall–Kier alpha value is -10.4. The molecule has 0 aliphatic heterocycles. The summed E-state index contributed by atoms with van der Waals surface area (Å²) >= 11 is 9.63. The highest BCUT2D eigenvalue weighted by molar-refractivity contribution is 14.1. The predicted octanol–water partition coefficient (Wildman–Crippen LogP) is 32.0. The maximum Gasteiger partial charge on any atom is 0.180 e. The summed E-state index contributed by atoms with van der Waals surface area (Å²) in [5.74, 6) is -21.6. The van der Waals surface area contributed by atoms with E-state index >= 15 is 0 Å². The minimum absolute atomic E-state index is 0.664. The lowest BCUT2D eigenvalue weighted by molar-refractivity contribution is -0.605. The van der Waals surface area contributed by atoms with Crippen molar-refractivity contribution in [1.29, 1.82) is 0 Å². The van der Waals surface area contributed by atoms with Crippen LogP contribution < -0.4 is 18.9 Å². The molecule has 4 aromatic heterocycles. The van der Waals surface area contributed by atoms with Crippen molar-refractivity contribution in [1.82, 2.24) is 0 Å². The number of fused-ring (bicyclic) bond motifs is 12. The molecule has 0 saturated carbocycles. The Morgan fingerprint density at radius 3 is 0.301 bits per heavy atom. The van der Waals surface area contributed by atoms with Gasteiger partial charge in [0.15, 0.2) is 143 Å². The van der Waals surface area contributed by atoms with Gasteiger partial charge in [-0.25, -0.2) is 70.2 Å². The first-order valence-electron chi connectivity index (χ1n) is 39.4. The van der Waals surface area contributed by atoms with E-state index in [1.807, 2.05) is 170 Å². The summed E-state index contributed by atoms with van der Waals surface area (Å²) in [6, 6.07) is 106. The third-order valence-corrected chi connectivity index (χ3v) is 27.1. The van der Waals surface area contributed by atoms with Crippen LogP contribution in [0.25, 0.3) is 109 Å². The SMILES string of the molecule is Fc1c(F)c(I)c(F)c(F)c1I.Fc1c(F)c(I)c(F)c(F)c1I.Fc1c(F)c(I)c(F)c(F)c1I.Fc1c(F)c(I)c(F)c(F)c1I.[O-][n+]1ccc(-c2ccccc2)cc1.[O-][n+]1ccc(-c2ccccc2)cc1.[O-][n+]1ccc(-c2ccccc2)cc1.[O-][n+]1ccc(-c2ccccc2)cc1.c1ccc2c(c1)c1ccccc1c1ccccc21.c1ccc2c(c1)c1ccccc1c1ccccc21. The maximum atomic E-state index is 12.6. The zero-order chi connectivity index (χ0) is 98.1. The van der Waals surface area contributed by atoms with Crippen LogP contribution in [0.1, 0.15) is 0 Å². The van der Waals surface area contributed by atoms with Gasteiger partial charge in [-0.3, -0.25) is 0 Å². The summed E-state index contributed by atoms with van der Waals surface area (Å²) in [6.45, 7) is 0. The molecule has 20 aromatic rings. The van der Waals surface area contributed by atoms with E-state index in [2.05, 4.69) is 146 Å². The first kappa shape index (κ1) is 106. The lowest BCUT2D eigenvalue weighted by Gasteiger charge is -2.09. The molecule has 4 heterocycles. The Balaban J connectivity index is 0.000000146. The summed E-state index contributed by atoms with van der Waals surface area (Å²) in [6.07, 6.45) is 12.0. The molecule has 688 valence electrons. The van der Waals surface area contributed by atoms with Gasteiger partial charge in [-0.05, 0) is 290 Å². The maximum absolute atomic E-state index is 12.6. The Kier molecular flexibility index (Phi) is 39.6. The van der Waals surface area contributed by atoms with E-state index in [-0.39, 0.29) is 0 Å². The molecule has 0 N–H and O–H groups in total. The van der Waals surface area contributed by atoms with Crippen molar-refractivity contribution in [2.75, 3.05) is 0 Å². The van der Waals surface area contributed by atoms with Gasteiger partial charge in [-0.2, -0.15) is 18.9 Å². The van der Waals surface area contributed by atoms with E-state index in [1.54, 1.807) is 0 Å². The highest BCUT2D eigenvalue weighted by Gasteiger charge is 2.26. The lowest BCUT2D eigenvalue weighted by atomic mass is 9.95. The molecule has 0 unspecified atom stereocenters. The van der Waals surface area contributed by atoms with Crippen molar-refractivity contribution >= 4 is 245 Å². The van der Waals surface area contributed by atoms with Crippen molar-refractivity contribution in [3.8, 4) is 44.5 Å². The van der Waals surface area contributed by atoms with Crippen molar-refractivity contribution in [2.45, 2.75) is 0 Å². The Labute approximate surface area is 876 Å². The van der Waals surface area contributed by atoms with Gasteiger partial charge in [-0.1, -0.05) is 267 Å². The van der Waals surface area contributed by atoms with Crippen molar-refractivity contribution < 1.29 is 89.2 Å². The first-order valence-corrected chi connectivity index (χ1v) is 48.0. The van der Waals surface area contributed by atoms with E-state index in [0.717, 1.165) is 63.4 Å². The molecule has 8 nitrogen and oxygen atoms in total. The molecular weight excluding hydrogens is 2690 g/mol. The fourth-order valence-corrected chi connectivity index (χ4v) is 16.8. The van der Waals surface area contributed by atoms with Gasteiger partial charge in [0.05, 0.1) is 28.6 Å². The zero-order valence-electron chi connectivity index (χ0n) is 69.1. The van der Waals surface area contributed by atoms with Crippen molar-refractivity contribution in [3.05, 3.63) is 507 Å². The molecule has 0 amide bonds. The molecule has 0 atom stereocenters. The monoisotopic (exact) mass is 2750 g/mol. The number of halogens is 24. The van der Waals surface area contributed by atoms with Crippen LogP contribution in [0.5, 0.6) is 0 Å². The molecule has 0 spiro atoms. The summed E-state index contributed by atoms with van der Waals surface area (Å²) in [7, 11) is 0. The van der Waals surface area contributed by atoms with Crippen LogP contribution in [0.3, 0.4) is 0 Å². The Bertz CT molecular complexity index is 5970. The Morgan fingerprint density at radius 1 is 0.125 bits per heavy atom. The van der Waals surface area contributed by atoms with Gasteiger partial charge in [0.2, 0.25) is 0 Å². The van der Waals surface area contributed by atoms with E-state index in [0.29, 0.717) is 0 Å². The number of rotatable bonds is 4. The van der Waals surface area contributed by atoms with Crippen molar-refractivity contribution in [3.63, 3.8) is 0 Å². The highest BCUT2D eigenvalue weighted by atomic mass is 127. The molecule has 0 saturated heterocycles. The second-order valence-corrected chi connectivity index (χ2v) is 36.7. The van der Waals surface area contributed by atoms with Gasteiger partial charge in [-0.15, -0.1) is 0 Å². The van der Waals surface area contributed by atoms with Crippen LogP contribution >= 0.6 is 181 Å². The normalized spacial score (nSPS) is 10.5. The third kappa shape index (κ3) is 26.7. The average Bonchev–Trinajstić information content (AvgIpc) is 0.750. The van der Waals surface area contributed by atoms with Gasteiger partial charge in [0.1, 0.15) is 0 Å². The quantitative estimate of drug-likeness (QED) is 0.0333. The lowest BCUT2D eigenvalue weighted by Crippen LogP contribution is -2.23. The van der Waals surface area contributed by atoms with E-state index in [1.165, 1.54) is 295 Å². The fraction of sp³-hybridized carbons (Fsp3) is 0. The second kappa shape index (κ2) is 50.8. The molecule has 0 radical (unpaired) electrons. The van der Waals surface area contributed by atoms with Gasteiger partial charge >= 0.3 is 0 Å². The third-order valence-electron chi connectivity index (χ3n) is 19.6. The average molecular weight is 2750 g/mol. The van der Waals surface area contributed by atoms with E-state index < -0.39 is 122 Å². The largest absolute Gasteiger partial charge is 0.619 e. The molecule has 136 heavy (non-hydrogen) atoms. The van der Waals surface area contributed by atoms with E-state index in [4.69, 9.17) is 0 Å². The number of pyridine rings is 4. The van der Waals surface area contributed by atoms with Crippen LogP contribution in [0, 0.1) is 142 Å². The van der Waals surface area contributed by atoms with Crippen molar-refractivity contribution in [2.24, 2.45) is 0 Å². The summed E-state index contributed by atoms with van der Waals surface area (Å²) in [4.78, 5) is 0. The zero-order valence-corrected chi connectivity index (χ0v) is 86.4. The smallest absolute Gasteiger partial charge is 0.180 e. The minimum Gasteiger partial charge on any atom is -0.619 e. The molecule has 0 aliphatic rings. The van der Waals surface area contributed by atoms with Crippen LogP contribution in [0.15, 0.2) is 365 Å². The summed E-state index contributed by atoms with van der Waals surface area (Å²) < 4.78 is 200. The number of hydrogen-bond donors (Lipinski definition) is 0. The van der Waals surface area contributed by atoms with E-state index in [9.17, 15) is 91.1 Å². The Morgan fingerprint density at radius 2 is 0.206 bits per heavy atom. The van der Waals surface area contributed by atoms with Gasteiger partial charge in [0, 0.05) is 48.5 Å². The molecule has 16 aromatic carbocycles. The van der Waals surface area contributed by atoms with Gasteiger partial charge in [0.25, 0.3) is 0 Å². The topological polar surface area (TPSA) is 108 Å². The molecule has 0 aliphatic carbocycles. The van der Waals surface area contributed by atoms with Gasteiger partial charge < -0.3 is 20.8 Å². The first-order chi connectivity index (χ1) is 65.2. The molecule has 20 rings (SSSR count). The second-order valence-electron chi connectivity index (χ2n) is 28.1. The molecular formula is C104H60F16I8N4O4. The van der Waals surface area contributed by atoms with Crippen LogP contribution in [-0.4, -0.2) is 0 Å². The van der Waals surface area contributed by atoms with Crippen LogP contribution in [-0.2, 0) is 0 Å². The highest BCUT2D eigenvalue weighted by Crippen LogP contribution is 2.38. The number of nitrogens with zero attached hydrogens (tertiary/aromatic N) is 4. The molecule has 32 heteroatoms. The molecule has 0 fully saturated rings. The number of benzene rings is 16. The number of hydrogen-bond acceptors (Lipinski definition) is 4. The standard InChI is InChI=1S/2C18H12.4C11H9NO.4C6F4I2/c2*1-2-8-14-13(7-1)15-9-3-4-11-17(15)18-12-6-5-10-16(14)18;4*13-12-8-6-11(7-9-12)10-4-2-1-3-5-10;4*7-1-2(8)6(12)4(10)3(9)5(1)11/h2*1-12H;4*1-9H;;;;. The minimum atomic E-state index is -1.35. The predicted molar refractivity (Wildman–Crippen MR) is 568 cm³/mol. The summed E-state index contributed by atoms with van der Waals surface area (Å²) in [5.41, 5.74) is 8.76. The fourth-order valence-electron chi connectivity index (χ4n) is 13.0. The number of aromatic nitrogens is 4. The van der Waals surface area contributed by atoms with Crippen LogP contribution in [0.2, 0.25) is 0 Å². The molecule has 0 bridgehead atoms. The van der Waals surface area contributed by atoms with Crippen LogP contribution in [0.4, 0.5) is 70.2 Å².